The summed E-state index contributed by atoms with van der Waals surface area (Å²) >= 11 is 3.47. The first-order valence-electron chi connectivity index (χ1n) is 6.40. The van der Waals surface area contributed by atoms with E-state index in [1.54, 1.807) is 20.3 Å². The summed E-state index contributed by atoms with van der Waals surface area (Å²) in [6.07, 6.45) is 1.41. The van der Waals surface area contributed by atoms with E-state index in [-0.39, 0.29) is 12.4 Å². The molecule has 1 rings (SSSR count). The van der Waals surface area contributed by atoms with Gasteiger partial charge in [-0.2, -0.15) is 0 Å². The highest BCUT2D eigenvalue weighted by molar-refractivity contribution is 9.10. The van der Waals surface area contributed by atoms with Gasteiger partial charge in [-0.3, -0.25) is 4.79 Å². The van der Waals surface area contributed by atoms with Crippen LogP contribution in [0.4, 0.5) is 0 Å². The number of halogens is 2. The average molecular weight is 383 g/mol. The molecule has 1 aromatic carbocycles. The van der Waals surface area contributed by atoms with Gasteiger partial charge >= 0.3 is 5.97 Å². The molecule has 1 atom stereocenters. The Morgan fingerprint density at radius 1 is 1.38 bits per heavy atom. The average Bonchev–Trinajstić information content (AvgIpc) is 2.43. The van der Waals surface area contributed by atoms with Gasteiger partial charge in [-0.1, -0.05) is 19.4 Å². The zero-order chi connectivity index (χ0) is 15.1. The van der Waals surface area contributed by atoms with Crippen LogP contribution >= 0.6 is 28.3 Å². The van der Waals surface area contributed by atoms with Crippen molar-refractivity contribution in [1.29, 1.82) is 0 Å². The number of aliphatic carboxylic acids is 1. The van der Waals surface area contributed by atoms with E-state index in [0.717, 1.165) is 16.5 Å². The van der Waals surface area contributed by atoms with Crippen molar-refractivity contribution >= 4 is 34.3 Å². The predicted molar refractivity (Wildman–Crippen MR) is 87.7 cm³/mol. The summed E-state index contributed by atoms with van der Waals surface area (Å²) in [4.78, 5) is 11.1. The number of nitrogens with one attached hydrogen (secondary N) is 1. The van der Waals surface area contributed by atoms with Crippen LogP contribution in [0.3, 0.4) is 0 Å². The molecule has 0 aliphatic heterocycles. The molecule has 5 nitrogen and oxygen atoms in total. The third-order valence-electron chi connectivity index (χ3n) is 2.98. The molecule has 1 unspecified atom stereocenters. The predicted octanol–water partition coefficient (Wildman–Crippen LogP) is 3.23. The van der Waals surface area contributed by atoms with Gasteiger partial charge in [-0.25, -0.2) is 0 Å². The van der Waals surface area contributed by atoms with Crippen molar-refractivity contribution in [2.75, 3.05) is 14.2 Å². The van der Waals surface area contributed by atoms with Crippen LogP contribution in [0.15, 0.2) is 16.6 Å². The van der Waals surface area contributed by atoms with Gasteiger partial charge in [0, 0.05) is 6.54 Å². The maximum atomic E-state index is 11.1. The third-order valence-corrected chi connectivity index (χ3v) is 3.85. The molecule has 0 saturated heterocycles. The molecule has 0 spiro atoms. The molecule has 7 heteroatoms. The lowest BCUT2D eigenvalue weighted by Gasteiger charge is -2.16. The highest BCUT2D eigenvalue weighted by atomic mass is 79.9. The highest BCUT2D eigenvalue weighted by Crippen LogP contribution is 2.37. The van der Waals surface area contributed by atoms with Crippen LogP contribution in [-0.2, 0) is 11.3 Å². The molecule has 0 saturated carbocycles. The lowest BCUT2D eigenvalue weighted by Crippen LogP contribution is -2.36. The van der Waals surface area contributed by atoms with Crippen molar-refractivity contribution in [1.82, 2.24) is 5.32 Å². The van der Waals surface area contributed by atoms with Crippen molar-refractivity contribution < 1.29 is 19.4 Å². The number of ether oxygens (including phenoxy) is 2. The van der Waals surface area contributed by atoms with Gasteiger partial charge in [0.25, 0.3) is 0 Å². The molecular weight excluding hydrogens is 362 g/mol. The number of rotatable bonds is 8. The van der Waals surface area contributed by atoms with Crippen LogP contribution in [0.5, 0.6) is 11.5 Å². The zero-order valence-corrected chi connectivity index (χ0v) is 14.7. The summed E-state index contributed by atoms with van der Waals surface area (Å²) in [6, 6.07) is 3.14. The Hall–Kier alpha value is -0.980. The highest BCUT2D eigenvalue weighted by Gasteiger charge is 2.17. The van der Waals surface area contributed by atoms with E-state index in [2.05, 4.69) is 21.2 Å². The first-order valence-corrected chi connectivity index (χ1v) is 7.19. The molecule has 0 aliphatic rings. The van der Waals surface area contributed by atoms with E-state index >= 15 is 0 Å². The number of methoxy groups -OCH3 is 2. The fourth-order valence-electron chi connectivity index (χ4n) is 1.90. The van der Waals surface area contributed by atoms with Gasteiger partial charge < -0.3 is 19.9 Å². The number of carboxylic acid groups (broad SMARTS) is 1. The van der Waals surface area contributed by atoms with Gasteiger partial charge in [0.1, 0.15) is 6.04 Å². The van der Waals surface area contributed by atoms with Crippen molar-refractivity contribution in [3.63, 3.8) is 0 Å². The summed E-state index contributed by atoms with van der Waals surface area (Å²) in [5, 5.41) is 12.2. The fourth-order valence-corrected chi connectivity index (χ4v) is 2.53. The Labute approximate surface area is 139 Å². The lowest BCUT2D eigenvalue weighted by molar-refractivity contribution is -0.139. The molecule has 21 heavy (non-hydrogen) atoms. The van der Waals surface area contributed by atoms with Crippen LogP contribution in [0.2, 0.25) is 0 Å². The molecule has 0 aromatic heterocycles. The van der Waals surface area contributed by atoms with E-state index in [4.69, 9.17) is 14.6 Å². The molecule has 120 valence electrons. The summed E-state index contributed by atoms with van der Waals surface area (Å²) in [6.45, 7) is 2.40. The summed E-state index contributed by atoms with van der Waals surface area (Å²) < 4.78 is 11.3. The van der Waals surface area contributed by atoms with Crippen molar-refractivity contribution in [2.24, 2.45) is 0 Å². The maximum Gasteiger partial charge on any atom is 0.320 e. The molecule has 0 aliphatic carbocycles. The number of hydrogen-bond acceptors (Lipinski definition) is 4. The van der Waals surface area contributed by atoms with Gasteiger partial charge in [-0.05, 0) is 34.0 Å². The van der Waals surface area contributed by atoms with Crippen molar-refractivity contribution in [3.8, 4) is 11.5 Å². The van der Waals surface area contributed by atoms with Gasteiger partial charge in [0.2, 0.25) is 0 Å². The van der Waals surface area contributed by atoms with Crippen molar-refractivity contribution in [3.05, 3.63) is 22.2 Å². The van der Waals surface area contributed by atoms with Crippen LogP contribution in [0, 0.1) is 0 Å². The Balaban J connectivity index is 0.00000400. The van der Waals surface area contributed by atoms with E-state index in [0.29, 0.717) is 24.5 Å². The lowest BCUT2D eigenvalue weighted by atomic mass is 10.1. The summed E-state index contributed by atoms with van der Waals surface area (Å²) in [7, 11) is 3.14. The molecule has 0 fully saturated rings. The molecule has 0 bridgehead atoms. The van der Waals surface area contributed by atoms with Gasteiger partial charge in [0.15, 0.2) is 11.5 Å². The van der Waals surface area contributed by atoms with E-state index < -0.39 is 12.0 Å². The summed E-state index contributed by atoms with van der Waals surface area (Å²) in [5.41, 5.74) is 0.921. The normalized spacial score (nSPS) is 11.4. The number of carbonyl (C=O) groups is 1. The Morgan fingerprint density at radius 3 is 2.52 bits per heavy atom. The molecule has 0 amide bonds. The monoisotopic (exact) mass is 381 g/mol. The molecule has 1 aromatic rings. The minimum atomic E-state index is -0.830. The Kier molecular flexibility index (Phi) is 9.41. The van der Waals surface area contributed by atoms with Gasteiger partial charge in [0.05, 0.1) is 18.7 Å². The van der Waals surface area contributed by atoms with E-state index in [1.807, 2.05) is 13.0 Å². The first-order chi connectivity index (χ1) is 9.54. The zero-order valence-electron chi connectivity index (χ0n) is 12.3. The SMILES string of the molecule is CCCC(NCc1ccc(OC)c(OC)c1Br)C(=O)O.Cl. The van der Waals surface area contributed by atoms with Gasteiger partial charge in [-0.15, -0.1) is 12.4 Å². The second kappa shape index (κ2) is 9.87. The largest absolute Gasteiger partial charge is 0.493 e. The quantitative estimate of drug-likeness (QED) is 0.722. The molecule has 0 radical (unpaired) electrons. The smallest absolute Gasteiger partial charge is 0.320 e. The minimum absolute atomic E-state index is 0. The third kappa shape index (κ3) is 5.37. The Bertz CT molecular complexity index is 471. The topological polar surface area (TPSA) is 67.8 Å². The second-order valence-corrected chi connectivity index (χ2v) is 5.13. The fraction of sp³-hybridized carbons (Fsp3) is 0.500. The van der Waals surface area contributed by atoms with Crippen LogP contribution in [0.25, 0.3) is 0 Å². The van der Waals surface area contributed by atoms with Crippen LogP contribution < -0.4 is 14.8 Å². The molecule has 2 N–H and O–H groups in total. The van der Waals surface area contributed by atoms with Crippen LogP contribution in [-0.4, -0.2) is 31.3 Å². The van der Waals surface area contributed by atoms with Crippen LogP contribution in [0.1, 0.15) is 25.3 Å². The number of benzene rings is 1. The van der Waals surface area contributed by atoms with E-state index in [9.17, 15) is 4.79 Å². The maximum absolute atomic E-state index is 11.1. The Morgan fingerprint density at radius 2 is 2.05 bits per heavy atom. The second-order valence-electron chi connectivity index (χ2n) is 4.33. The summed E-state index contributed by atoms with van der Waals surface area (Å²) in [5.74, 6) is 0.407. The molecular formula is C14H21BrClNO4. The van der Waals surface area contributed by atoms with Crippen molar-refractivity contribution in [2.45, 2.75) is 32.4 Å². The first kappa shape index (κ1) is 20.0. The molecule has 0 heterocycles. The number of hydrogen-bond donors (Lipinski definition) is 2. The number of carboxylic acids is 1. The standard InChI is InChI=1S/C14H20BrNO4.ClH/c1-4-5-10(14(17)18)16-8-9-6-7-11(19-2)13(20-3)12(9)15;/h6-7,10,16H,4-5,8H2,1-3H3,(H,17,18);1H. The minimum Gasteiger partial charge on any atom is -0.493 e. The van der Waals surface area contributed by atoms with E-state index in [1.165, 1.54) is 0 Å².